The van der Waals surface area contributed by atoms with E-state index < -0.39 is 4.92 Å². The fraction of sp³-hybridized carbons (Fsp3) is 0.381. The number of ether oxygens (including phenoxy) is 1. The van der Waals surface area contributed by atoms with Crippen molar-refractivity contribution in [3.05, 3.63) is 69.8 Å². The van der Waals surface area contributed by atoms with Gasteiger partial charge in [0.15, 0.2) is 0 Å². The molecule has 0 saturated carbocycles. The van der Waals surface area contributed by atoms with Gasteiger partial charge in [0.25, 0.3) is 11.6 Å². The van der Waals surface area contributed by atoms with E-state index in [0.29, 0.717) is 37.6 Å². The van der Waals surface area contributed by atoms with Crippen molar-refractivity contribution < 1.29 is 14.5 Å². The third-order valence-corrected chi connectivity index (χ3v) is 4.85. The van der Waals surface area contributed by atoms with E-state index in [9.17, 15) is 14.9 Å². The van der Waals surface area contributed by atoms with E-state index in [1.807, 2.05) is 25.1 Å². The van der Waals surface area contributed by atoms with Crippen LogP contribution in [0.15, 0.2) is 48.5 Å². The average Bonchev–Trinajstić information content (AvgIpc) is 2.73. The molecule has 1 N–H and O–H groups in total. The van der Waals surface area contributed by atoms with Gasteiger partial charge >= 0.3 is 0 Å². The first-order valence-corrected chi connectivity index (χ1v) is 9.50. The van der Waals surface area contributed by atoms with Gasteiger partial charge in [-0.3, -0.25) is 14.9 Å². The maximum atomic E-state index is 12.6. The molecule has 1 atom stereocenters. The Balaban J connectivity index is 1.68. The van der Waals surface area contributed by atoms with E-state index in [1.165, 1.54) is 11.6 Å². The molecule has 0 spiro atoms. The van der Waals surface area contributed by atoms with E-state index in [0.717, 1.165) is 12.8 Å². The van der Waals surface area contributed by atoms with Crippen LogP contribution in [-0.2, 0) is 11.2 Å². The number of carbonyl (C=O) groups is 1. The molecular formula is C21H25N3O4. The van der Waals surface area contributed by atoms with Gasteiger partial charge in [-0.1, -0.05) is 30.3 Å². The zero-order valence-corrected chi connectivity index (χ0v) is 16.0. The summed E-state index contributed by atoms with van der Waals surface area (Å²) in [5, 5.41) is 14.8. The van der Waals surface area contributed by atoms with Gasteiger partial charge in [-0.05, 0) is 37.5 Å². The molecule has 1 saturated heterocycles. The second-order valence-electron chi connectivity index (χ2n) is 6.96. The van der Waals surface area contributed by atoms with E-state index in [-0.39, 0.29) is 17.6 Å². The Labute approximate surface area is 164 Å². The number of nitro groups is 1. The Hall–Kier alpha value is -2.93. The molecule has 1 aliphatic heterocycles. The monoisotopic (exact) mass is 383 g/mol. The standard InChI is InChI=1S/C21H25N3O4/c1-16(7-8-17-5-3-2-4-6-17)22-19-10-9-18(15-20(19)24(26)27)21(25)23-11-13-28-14-12-23/h2-6,9-10,15-16,22H,7-8,11-14H2,1H3. The van der Waals surface area contributed by atoms with Crippen LogP contribution in [0, 0.1) is 10.1 Å². The van der Waals surface area contributed by atoms with Crippen molar-refractivity contribution in [1.29, 1.82) is 0 Å². The predicted octanol–water partition coefficient (Wildman–Crippen LogP) is 3.50. The molecule has 1 heterocycles. The smallest absolute Gasteiger partial charge is 0.293 e. The Bertz CT molecular complexity index is 820. The van der Waals surface area contributed by atoms with Crippen LogP contribution in [0.4, 0.5) is 11.4 Å². The molecule has 2 aromatic rings. The van der Waals surface area contributed by atoms with Crippen LogP contribution in [0.1, 0.15) is 29.3 Å². The fourth-order valence-corrected chi connectivity index (χ4v) is 3.25. The molecule has 0 radical (unpaired) electrons. The minimum Gasteiger partial charge on any atom is -0.378 e. The lowest BCUT2D eigenvalue weighted by atomic mass is 10.1. The van der Waals surface area contributed by atoms with E-state index >= 15 is 0 Å². The largest absolute Gasteiger partial charge is 0.378 e. The van der Waals surface area contributed by atoms with Crippen LogP contribution in [-0.4, -0.2) is 48.1 Å². The molecule has 0 aromatic heterocycles. The normalized spacial score (nSPS) is 15.1. The van der Waals surface area contributed by atoms with Gasteiger partial charge in [-0.2, -0.15) is 0 Å². The fourth-order valence-electron chi connectivity index (χ4n) is 3.25. The number of nitrogens with one attached hydrogen (secondary N) is 1. The van der Waals surface area contributed by atoms with Crippen LogP contribution in [0.2, 0.25) is 0 Å². The summed E-state index contributed by atoms with van der Waals surface area (Å²) in [6.45, 7) is 3.99. The molecule has 1 amide bonds. The molecule has 0 bridgehead atoms. The number of hydrogen-bond donors (Lipinski definition) is 1. The molecule has 28 heavy (non-hydrogen) atoms. The van der Waals surface area contributed by atoms with Crippen LogP contribution < -0.4 is 5.32 Å². The molecule has 1 fully saturated rings. The quantitative estimate of drug-likeness (QED) is 0.584. The first-order valence-electron chi connectivity index (χ1n) is 9.50. The van der Waals surface area contributed by atoms with Gasteiger partial charge < -0.3 is 15.0 Å². The molecule has 1 aliphatic rings. The lowest BCUT2D eigenvalue weighted by Crippen LogP contribution is -2.40. The van der Waals surface area contributed by atoms with E-state index in [4.69, 9.17) is 4.74 Å². The number of benzene rings is 2. The third-order valence-electron chi connectivity index (χ3n) is 4.85. The number of hydrogen-bond acceptors (Lipinski definition) is 5. The Morgan fingerprint density at radius 1 is 1.21 bits per heavy atom. The van der Waals surface area contributed by atoms with Crippen molar-refractivity contribution in [1.82, 2.24) is 4.90 Å². The minimum absolute atomic E-state index is 0.0553. The van der Waals surface area contributed by atoms with Crippen molar-refractivity contribution in [2.75, 3.05) is 31.6 Å². The highest BCUT2D eigenvalue weighted by Crippen LogP contribution is 2.27. The van der Waals surface area contributed by atoms with Gasteiger partial charge in [0.05, 0.1) is 18.1 Å². The molecule has 2 aromatic carbocycles. The summed E-state index contributed by atoms with van der Waals surface area (Å²) in [7, 11) is 0. The van der Waals surface area contributed by atoms with Gasteiger partial charge in [-0.25, -0.2) is 0 Å². The second-order valence-corrected chi connectivity index (χ2v) is 6.96. The van der Waals surface area contributed by atoms with Crippen LogP contribution in [0.3, 0.4) is 0 Å². The molecule has 148 valence electrons. The second kappa shape index (κ2) is 9.32. The SMILES string of the molecule is CC(CCc1ccccc1)Nc1ccc(C(=O)N2CCOCC2)cc1[N+](=O)[O-]. The lowest BCUT2D eigenvalue weighted by molar-refractivity contribution is -0.384. The first kappa shape index (κ1) is 19.8. The van der Waals surface area contributed by atoms with Crippen LogP contribution in [0.5, 0.6) is 0 Å². The number of amides is 1. The van der Waals surface area contributed by atoms with Crippen molar-refractivity contribution in [3.63, 3.8) is 0 Å². The summed E-state index contributed by atoms with van der Waals surface area (Å²) in [5.41, 5.74) is 1.92. The highest BCUT2D eigenvalue weighted by Gasteiger charge is 2.23. The van der Waals surface area contributed by atoms with Crippen LogP contribution in [0.25, 0.3) is 0 Å². The average molecular weight is 383 g/mol. The topological polar surface area (TPSA) is 84.7 Å². The highest BCUT2D eigenvalue weighted by atomic mass is 16.6. The molecular weight excluding hydrogens is 358 g/mol. The summed E-state index contributed by atoms with van der Waals surface area (Å²) < 4.78 is 5.25. The molecule has 3 rings (SSSR count). The Kier molecular flexibility index (Phi) is 6.60. The number of nitro benzene ring substituents is 1. The van der Waals surface area contributed by atoms with Gasteiger partial charge in [-0.15, -0.1) is 0 Å². The number of morpholine rings is 1. The third kappa shape index (κ3) is 5.07. The zero-order valence-electron chi connectivity index (χ0n) is 16.0. The molecule has 0 aliphatic carbocycles. The maximum Gasteiger partial charge on any atom is 0.293 e. The molecule has 1 unspecified atom stereocenters. The summed E-state index contributed by atoms with van der Waals surface area (Å²) in [4.78, 5) is 25.4. The number of carbonyl (C=O) groups excluding carboxylic acids is 1. The van der Waals surface area contributed by atoms with Gasteiger partial charge in [0.1, 0.15) is 5.69 Å². The Morgan fingerprint density at radius 2 is 1.93 bits per heavy atom. The minimum atomic E-state index is -0.442. The molecule has 7 heteroatoms. The van der Waals surface area contributed by atoms with E-state index in [2.05, 4.69) is 17.4 Å². The zero-order chi connectivity index (χ0) is 19.9. The van der Waals surface area contributed by atoms with Crippen molar-refractivity contribution in [3.8, 4) is 0 Å². The first-order chi connectivity index (χ1) is 13.5. The van der Waals surface area contributed by atoms with Crippen LogP contribution >= 0.6 is 0 Å². The number of anilines is 1. The lowest BCUT2D eigenvalue weighted by Gasteiger charge is -2.27. The van der Waals surface area contributed by atoms with Crippen molar-refractivity contribution in [2.24, 2.45) is 0 Å². The highest BCUT2D eigenvalue weighted by molar-refractivity contribution is 5.95. The summed E-state index contributed by atoms with van der Waals surface area (Å²) in [5.74, 6) is -0.199. The van der Waals surface area contributed by atoms with E-state index in [1.54, 1.807) is 17.0 Å². The van der Waals surface area contributed by atoms with Gasteiger partial charge in [0, 0.05) is 30.8 Å². The Morgan fingerprint density at radius 3 is 2.61 bits per heavy atom. The molecule has 7 nitrogen and oxygen atoms in total. The number of rotatable bonds is 7. The van der Waals surface area contributed by atoms with Crippen molar-refractivity contribution in [2.45, 2.75) is 25.8 Å². The maximum absolute atomic E-state index is 12.6. The van der Waals surface area contributed by atoms with Crippen molar-refractivity contribution >= 4 is 17.3 Å². The number of nitrogens with zero attached hydrogens (tertiary/aromatic N) is 2. The summed E-state index contributed by atoms with van der Waals surface area (Å²) in [6, 6.07) is 14.8. The summed E-state index contributed by atoms with van der Waals surface area (Å²) >= 11 is 0. The summed E-state index contributed by atoms with van der Waals surface area (Å²) in [6.07, 6.45) is 1.73. The number of aryl methyl sites for hydroxylation is 1. The predicted molar refractivity (Wildman–Crippen MR) is 108 cm³/mol. The van der Waals surface area contributed by atoms with Gasteiger partial charge in [0.2, 0.25) is 0 Å².